The van der Waals surface area contributed by atoms with Crippen LogP contribution in [0.4, 0.5) is 5.69 Å². The first-order valence-corrected chi connectivity index (χ1v) is 15.7. The van der Waals surface area contributed by atoms with Crippen molar-refractivity contribution in [2.45, 2.75) is 57.1 Å². The highest BCUT2D eigenvalue weighted by atomic mass is 35.5. The number of methoxy groups -OCH3 is 1. The summed E-state index contributed by atoms with van der Waals surface area (Å²) in [5.41, 5.74) is 0.206. The first kappa shape index (κ1) is 33.5. The number of carbonyl (C=O) groups is 2. The van der Waals surface area contributed by atoms with E-state index in [-0.39, 0.29) is 29.5 Å². The van der Waals surface area contributed by atoms with Gasteiger partial charge in [-0.2, -0.15) is 0 Å². The summed E-state index contributed by atoms with van der Waals surface area (Å²) in [6.45, 7) is 6.64. The molecule has 0 radical (unpaired) electrons. The van der Waals surface area contributed by atoms with Crippen LogP contribution in [0.3, 0.4) is 0 Å². The summed E-state index contributed by atoms with van der Waals surface area (Å²) in [6, 6.07) is 15.9. The van der Waals surface area contributed by atoms with Crippen LogP contribution in [0, 0.1) is 0 Å². The number of anilines is 1. The Labute approximate surface area is 262 Å². The van der Waals surface area contributed by atoms with E-state index in [1.165, 1.54) is 60.5 Å². The fourth-order valence-electron chi connectivity index (χ4n) is 4.22. The van der Waals surface area contributed by atoms with Crippen LogP contribution in [0.2, 0.25) is 15.1 Å². The molecule has 0 heterocycles. The molecule has 0 unspecified atom stereocenters. The minimum absolute atomic E-state index is 0.0455. The molecule has 226 valence electrons. The van der Waals surface area contributed by atoms with Gasteiger partial charge in [-0.15, -0.1) is 0 Å². The van der Waals surface area contributed by atoms with Gasteiger partial charge in [-0.3, -0.25) is 13.9 Å². The second kappa shape index (κ2) is 14.0. The number of sulfonamides is 1. The van der Waals surface area contributed by atoms with E-state index in [2.05, 4.69) is 5.32 Å². The van der Waals surface area contributed by atoms with E-state index in [9.17, 15) is 18.0 Å². The second-order valence-corrected chi connectivity index (χ2v) is 13.7. The van der Waals surface area contributed by atoms with Crippen LogP contribution in [0.15, 0.2) is 71.6 Å². The summed E-state index contributed by atoms with van der Waals surface area (Å²) < 4.78 is 34.1. The van der Waals surface area contributed by atoms with E-state index in [0.29, 0.717) is 26.4 Å². The maximum Gasteiger partial charge on any atom is 0.264 e. The van der Waals surface area contributed by atoms with Crippen LogP contribution in [0.25, 0.3) is 0 Å². The predicted octanol–water partition coefficient (Wildman–Crippen LogP) is 6.57. The summed E-state index contributed by atoms with van der Waals surface area (Å²) in [5, 5.41) is 4.05. The van der Waals surface area contributed by atoms with Crippen molar-refractivity contribution >= 4 is 62.3 Å². The van der Waals surface area contributed by atoms with E-state index >= 15 is 0 Å². The molecule has 0 saturated heterocycles. The molecule has 0 aliphatic heterocycles. The topological polar surface area (TPSA) is 96.0 Å². The van der Waals surface area contributed by atoms with E-state index in [0.717, 1.165) is 4.31 Å². The molecule has 0 aromatic heterocycles. The molecule has 0 aliphatic rings. The summed E-state index contributed by atoms with van der Waals surface area (Å²) in [6.07, 6.45) is 0.269. The number of amides is 2. The first-order valence-electron chi connectivity index (χ1n) is 13.1. The fourth-order valence-corrected chi connectivity index (χ4v) is 6.23. The zero-order valence-corrected chi connectivity index (χ0v) is 27.1. The number of rotatable bonds is 11. The first-order chi connectivity index (χ1) is 19.7. The maximum absolute atomic E-state index is 14.1. The Morgan fingerprint density at radius 1 is 0.929 bits per heavy atom. The summed E-state index contributed by atoms with van der Waals surface area (Å²) in [5.74, 6) is -0.506. The van der Waals surface area contributed by atoms with Crippen molar-refractivity contribution in [2.75, 3.05) is 18.0 Å². The van der Waals surface area contributed by atoms with Crippen molar-refractivity contribution < 1.29 is 22.7 Å². The van der Waals surface area contributed by atoms with Crippen molar-refractivity contribution in [3.63, 3.8) is 0 Å². The van der Waals surface area contributed by atoms with Gasteiger partial charge in [0.1, 0.15) is 18.3 Å². The van der Waals surface area contributed by atoms with Crippen molar-refractivity contribution in [1.82, 2.24) is 10.2 Å². The number of hydrogen-bond donors (Lipinski definition) is 1. The molecule has 0 bridgehead atoms. The highest BCUT2D eigenvalue weighted by molar-refractivity contribution is 7.92. The van der Waals surface area contributed by atoms with Crippen LogP contribution in [0.5, 0.6) is 5.75 Å². The van der Waals surface area contributed by atoms with Crippen LogP contribution in [-0.2, 0) is 26.2 Å². The lowest BCUT2D eigenvalue weighted by atomic mass is 10.1. The minimum Gasteiger partial charge on any atom is -0.497 e. The molecule has 0 aliphatic carbocycles. The average molecular weight is 655 g/mol. The van der Waals surface area contributed by atoms with Gasteiger partial charge in [-0.25, -0.2) is 8.42 Å². The minimum atomic E-state index is -4.25. The lowest BCUT2D eigenvalue weighted by molar-refractivity contribution is -0.141. The molecule has 3 aromatic rings. The molecule has 2 amide bonds. The Balaban J connectivity index is 2.09. The molecule has 0 spiro atoms. The SMILES string of the molecule is CC[C@@H](C(=O)NC(C)(C)C)N(Cc1ccc(Cl)cc1Cl)C(=O)CN(c1ccc(Cl)cc1)S(=O)(=O)c1ccc(OC)cc1. The van der Waals surface area contributed by atoms with Crippen LogP contribution >= 0.6 is 34.8 Å². The average Bonchev–Trinajstić information content (AvgIpc) is 2.92. The lowest BCUT2D eigenvalue weighted by Gasteiger charge is -2.35. The van der Waals surface area contributed by atoms with Gasteiger partial charge in [0.05, 0.1) is 17.7 Å². The van der Waals surface area contributed by atoms with Crippen molar-refractivity contribution in [3.8, 4) is 5.75 Å². The Morgan fingerprint density at radius 3 is 2.05 bits per heavy atom. The number of benzene rings is 3. The number of carbonyl (C=O) groups excluding carboxylic acids is 2. The van der Waals surface area contributed by atoms with Gasteiger partial charge in [0.2, 0.25) is 11.8 Å². The number of nitrogens with one attached hydrogen (secondary N) is 1. The normalized spacial score (nSPS) is 12.4. The standard InChI is InChI=1S/C30H34Cl3N3O5S/c1-6-27(29(38)34-30(2,3)4)35(18-20-7-8-22(32)17-26(20)33)28(37)19-36(23-11-9-21(31)10-12-23)42(39,40)25-15-13-24(41-5)14-16-25/h7-17,27H,6,18-19H2,1-5H3,(H,34,38)/t27-/m0/s1. The van der Waals surface area contributed by atoms with Crippen LogP contribution in [-0.4, -0.2) is 50.4 Å². The highest BCUT2D eigenvalue weighted by Crippen LogP contribution is 2.28. The van der Waals surface area contributed by atoms with E-state index in [4.69, 9.17) is 39.5 Å². The highest BCUT2D eigenvalue weighted by Gasteiger charge is 2.35. The molecule has 42 heavy (non-hydrogen) atoms. The quantitative estimate of drug-likeness (QED) is 0.252. The van der Waals surface area contributed by atoms with E-state index in [1.807, 2.05) is 20.8 Å². The molecule has 3 aromatic carbocycles. The summed E-state index contributed by atoms with van der Waals surface area (Å²) in [7, 11) is -2.77. The number of halogens is 3. The van der Waals surface area contributed by atoms with Gasteiger partial charge >= 0.3 is 0 Å². The monoisotopic (exact) mass is 653 g/mol. The van der Waals surface area contributed by atoms with Gasteiger partial charge in [0, 0.05) is 27.2 Å². The molecule has 3 rings (SSSR count). The molecule has 1 atom stereocenters. The Hall–Kier alpha value is -2.98. The lowest BCUT2D eigenvalue weighted by Crippen LogP contribution is -2.55. The third-order valence-corrected chi connectivity index (χ3v) is 8.91. The number of hydrogen-bond acceptors (Lipinski definition) is 5. The van der Waals surface area contributed by atoms with Crippen LogP contribution in [0.1, 0.15) is 39.7 Å². The third-order valence-electron chi connectivity index (χ3n) is 6.28. The molecule has 8 nitrogen and oxygen atoms in total. The maximum atomic E-state index is 14.1. The summed E-state index contributed by atoms with van der Waals surface area (Å²) >= 11 is 18.6. The van der Waals surface area contributed by atoms with Gasteiger partial charge in [0.15, 0.2) is 0 Å². The predicted molar refractivity (Wildman–Crippen MR) is 168 cm³/mol. The fraction of sp³-hybridized carbons (Fsp3) is 0.333. The molecular weight excluding hydrogens is 621 g/mol. The largest absolute Gasteiger partial charge is 0.497 e. The zero-order valence-electron chi connectivity index (χ0n) is 24.0. The van der Waals surface area contributed by atoms with E-state index < -0.39 is 34.1 Å². The molecule has 0 saturated carbocycles. The molecule has 1 N–H and O–H groups in total. The summed E-state index contributed by atoms with van der Waals surface area (Å²) in [4.78, 5) is 28.9. The van der Waals surface area contributed by atoms with Gasteiger partial charge < -0.3 is 15.0 Å². The molecule has 0 fully saturated rings. The Morgan fingerprint density at radius 2 is 1.52 bits per heavy atom. The Bertz CT molecular complexity index is 1510. The van der Waals surface area contributed by atoms with Crippen molar-refractivity contribution in [1.29, 1.82) is 0 Å². The van der Waals surface area contributed by atoms with Crippen molar-refractivity contribution in [3.05, 3.63) is 87.4 Å². The number of nitrogens with zero attached hydrogens (tertiary/aromatic N) is 2. The van der Waals surface area contributed by atoms with E-state index in [1.54, 1.807) is 25.1 Å². The van der Waals surface area contributed by atoms with Crippen LogP contribution < -0.4 is 14.4 Å². The van der Waals surface area contributed by atoms with Gasteiger partial charge in [0.25, 0.3) is 10.0 Å². The second-order valence-electron chi connectivity index (χ2n) is 10.6. The smallest absolute Gasteiger partial charge is 0.264 e. The van der Waals surface area contributed by atoms with Gasteiger partial charge in [-0.1, -0.05) is 47.8 Å². The zero-order chi connectivity index (χ0) is 31.2. The molecule has 12 heteroatoms. The molecular formula is C30H34Cl3N3O5S. The van der Waals surface area contributed by atoms with Gasteiger partial charge in [-0.05, 0) is 93.4 Å². The third kappa shape index (κ3) is 8.53. The Kier molecular flexibility index (Phi) is 11.2. The number of ether oxygens (including phenoxy) is 1. The van der Waals surface area contributed by atoms with Crippen molar-refractivity contribution in [2.24, 2.45) is 0 Å².